The number of benzene rings is 1. The summed E-state index contributed by atoms with van der Waals surface area (Å²) < 4.78 is 18.8. The average molecular weight is 472 g/mol. The number of carbonyl (C=O) groups excluding carboxylic acids is 2. The summed E-state index contributed by atoms with van der Waals surface area (Å²) >= 11 is 11.7. The Morgan fingerprint density at radius 3 is 2.74 bits per heavy atom. The highest BCUT2D eigenvalue weighted by atomic mass is 35.5. The molecule has 2 aromatic rings. The van der Waals surface area contributed by atoms with E-state index in [1.165, 1.54) is 29.3 Å². The van der Waals surface area contributed by atoms with Crippen molar-refractivity contribution >= 4 is 41.1 Å². The molecule has 3 amide bonds. The average Bonchev–Trinajstić information content (AvgIpc) is 2.75. The van der Waals surface area contributed by atoms with Crippen molar-refractivity contribution in [2.45, 2.75) is 25.4 Å². The second kappa shape index (κ2) is 12.3. The molecule has 0 unspecified atom stereocenters. The Labute approximate surface area is 189 Å². The molecule has 8 nitrogen and oxygen atoms in total. The van der Waals surface area contributed by atoms with Crippen molar-refractivity contribution in [2.24, 2.45) is 5.73 Å². The highest BCUT2D eigenvalue weighted by Gasteiger charge is 2.22. The normalized spacial score (nSPS) is 11.5. The summed E-state index contributed by atoms with van der Waals surface area (Å²) in [6.07, 6.45) is 1.83. The second-order valence-corrected chi connectivity index (χ2v) is 7.47. The number of nitrogens with two attached hydrogens (primary N) is 1. The van der Waals surface area contributed by atoms with Crippen LogP contribution in [0.1, 0.15) is 18.4 Å². The van der Waals surface area contributed by atoms with Crippen LogP contribution in [-0.4, -0.2) is 48.2 Å². The van der Waals surface area contributed by atoms with Gasteiger partial charge in [-0.3, -0.25) is 5.32 Å². The molecule has 0 saturated carbocycles. The fourth-order valence-electron chi connectivity index (χ4n) is 2.65. The lowest BCUT2D eigenvalue weighted by Crippen LogP contribution is -2.46. The Morgan fingerprint density at radius 2 is 2.06 bits per heavy atom. The van der Waals surface area contributed by atoms with Crippen molar-refractivity contribution < 1.29 is 18.7 Å². The number of hydrogen-bond acceptors (Lipinski definition) is 5. The molecule has 11 heteroatoms. The first-order chi connectivity index (χ1) is 14.8. The summed E-state index contributed by atoms with van der Waals surface area (Å²) in [5.74, 6) is -0.275. The van der Waals surface area contributed by atoms with Gasteiger partial charge in [0.05, 0.1) is 16.1 Å². The van der Waals surface area contributed by atoms with E-state index in [-0.39, 0.29) is 24.0 Å². The lowest BCUT2D eigenvalue weighted by atomic mass is 10.1. The van der Waals surface area contributed by atoms with Gasteiger partial charge in [0.2, 0.25) is 0 Å². The number of anilines is 1. The van der Waals surface area contributed by atoms with Gasteiger partial charge in [0.25, 0.3) is 0 Å². The summed E-state index contributed by atoms with van der Waals surface area (Å²) in [5.41, 5.74) is 6.03. The smallest absolute Gasteiger partial charge is 0.412 e. The Balaban J connectivity index is 1.91. The Hall–Kier alpha value is -2.62. The summed E-state index contributed by atoms with van der Waals surface area (Å²) in [7, 11) is 1.58. The van der Waals surface area contributed by atoms with Crippen molar-refractivity contribution in [1.29, 1.82) is 0 Å². The van der Waals surface area contributed by atoms with Gasteiger partial charge in [0.1, 0.15) is 18.2 Å². The number of nitrogens with one attached hydrogen (secondary N) is 2. The molecule has 2 rings (SSSR count). The monoisotopic (exact) mass is 471 g/mol. The minimum absolute atomic E-state index is 0.0408. The van der Waals surface area contributed by atoms with Gasteiger partial charge in [0, 0.05) is 19.8 Å². The largest absolute Gasteiger partial charge is 0.447 e. The summed E-state index contributed by atoms with van der Waals surface area (Å²) in [4.78, 5) is 30.0. The van der Waals surface area contributed by atoms with Gasteiger partial charge in [-0.1, -0.05) is 35.3 Å². The van der Waals surface area contributed by atoms with Gasteiger partial charge in [-0.25, -0.2) is 19.0 Å². The topological polar surface area (TPSA) is 110 Å². The van der Waals surface area contributed by atoms with Crippen LogP contribution in [0.3, 0.4) is 0 Å². The van der Waals surface area contributed by atoms with Crippen LogP contribution in [0.4, 0.5) is 19.8 Å². The van der Waals surface area contributed by atoms with E-state index in [4.69, 9.17) is 33.7 Å². The van der Waals surface area contributed by atoms with Crippen molar-refractivity contribution in [3.8, 4) is 0 Å². The molecule has 31 heavy (non-hydrogen) atoms. The zero-order valence-corrected chi connectivity index (χ0v) is 18.4. The lowest BCUT2D eigenvalue weighted by molar-refractivity contribution is 0.113. The maximum Gasteiger partial charge on any atom is 0.412 e. The Kier molecular flexibility index (Phi) is 9.77. The quantitative estimate of drug-likeness (QED) is 0.511. The van der Waals surface area contributed by atoms with Crippen molar-refractivity contribution in [3.05, 3.63) is 58.0 Å². The van der Waals surface area contributed by atoms with E-state index in [0.29, 0.717) is 30.0 Å². The van der Waals surface area contributed by atoms with E-state index in [9.17, 15) is 14.0 Å². The van der Waals surface area contributed by atoms with E-state index in [1.807, 2.05) is 0 Å². The number of urea groups is 1. The molecule has 1 aromatic carbocycles. The maximum absolute atomic E-state index is 13.5. The first-order valence-electron chi connectivity index (χ1n) is 9.50. The molecule has 1 heterocycles. The van der Waals surface area contributed by atoms with E-state index < -0.39 is 24.0 Å². The minimum atomic E-state index is -0.715. The van der Waals surface area contributed by atoms with Crippen LogP contribution >= 0.6 is 23.2 Å². The van der Waals surface area contributed by atoms with Gasteiger partial charge < -0.3 is 20.7 Å². The highest BCUT2D eigenvalue weighted by molar-refractivity contribution is 6.31. The molecule has 0 bridgehead atoms. The number of carbonyl (C=O) groups is 2. The molecule has 0 spiro atoms. The molecule has 0 aliphatic carbocycles. The zero-order valence-electron chi connectivity index (χ0n) is 16.9. The minimum Gasteiger partial charge on any atom is -0.447 e. The fourth-order valence-corrected chi connectivity index (χ4v) is 2.96. The van der Waals surface area contributed by atoms with Gasteiger partial charge in [-0.2, -0.15) is 0 Å². The van der Waals surface area contributed by atoms with Crippen LogP contribution in [0, 0.1) is 5.82 Å². The number of pyridine rings is 1. The highest BCUT2D eigenvalue weighted by Crippen LogP contribution is 2.19. The molecular weight excluding hydrogens is 448 g/mol. The second-order valence-electron chi connectivity index (χ2n) is 6.65. The number of halogens is 3. The summed E-state index contributed by atoms with van der Waals surface area (Å²) in [6, 6.07) is 6.64. The van der Waals surface area contributed by atoms with E-state index in [0.717, 1.165) is 0 Å². The Bertz CT molecular complexity index is 886. The molecule has 168 valence electrons. The number of likely N-dealkylation sites (N-methyl/N-ethyl adjacent to an activating group) is 1. The van der Waals surface area contributed by atoms with Crippen LogP contribution in [0.25, 0.3) is 0 Å². The molecule has 4 N–H and O–H groups in total. The van der Waals surface area contributed by atoms with Crippen LogP contribution in [0.2, 0.25) is 10.0 Å². The van der Waals surface area contributed by atoms with Gasteiger partial charge >= 0.3 is 12.1 Å². The molecule has 0 aliphatic rings. The third-order valence-corrected chi connectivity index (χ3v) is 5.08. The zero-order chi connectivity index (χ0) is 22.8. The number of rotatable bonds is 9. The third-order valence-electron chi connectivity index (χ3n) is 4.44. The fraction of sp³-hybridized carbons (Fsp3) is 0.350. The first-order valence-corrected chi connectivity index (χ1v) is 10.3. The Morgan fingerprint density at radius 1 is 1.29 bits per heavy atom. The number of ether oxygens (including phenoxy) is 1. The maximum atomic E-state index is 13.5. The SMILES string of the molecule is CN(C(=O)NCc1cccc(F)c1Cl)[C@H](CCCN)COC(=O)Nc1ccc(Cl)cn1. The number of nitrogens with zero attached hydrogens (tertiary/aromatic N) is 2. The molecule has 0 saturated heterocycles. The predicted molar refractivity (Wildman–Crippen MR) is 118 cm³/mol. The van der Waals surface area contributed by atoms with Crippen LogP contribution in [0.15, 0.2) is 36.5 Å². The number of aromatic nitrogens is 1. The van der Waals surface area contributed by atoms with Gasteiger partial charge in [-0.05, 0) is 43.1 Å². The van der Waals surface area contributed by atoms with E-state index in [1.54, 1.807) is 19.2 Å². The molecule has 1 aromatic heterocycles. The summed E-state index contributed by atoms with van der Waals surface area (Å²) in [6.45, 7) is 0.419. The number of hydrogen-bond donors (Lipinski definition) is 3. The van der Waals surface area contributed by atoms with Crippen LogP contribution in [-0.2, 0) is 11.3 Å². The molecular formula is C20H24Cl2FN5O3. The van der Waals surface area contributed by atoms with Crippen molar-refractivity contribution in [3.63, 3.8) is 0 Å². The molecule has 1 atom stereocenters. The van der Waals surface area contributed by atoms with Crippen molar-refractivity contribution in [1.82, 2.24) is 15.2 Å². The van der Waals surface area contributed by atoms with Crippen LogP contribution < -0.4 is 16.4 Å². The lowest BCUT2D eigenvalue weighted by Gasteiger charge is -2.28. The van der Waals surface area contributed by atoms with Crippen molar-refractivity contribution in [2.75, 3.05) is 25.5 Å². The standard InChI is InChI=1S/C20H24Cl2FN5O3/c1-28(19(29)26-10-13-4-2-6-16(23)18(13)22)15(5-3-9-24)12-31-20(30)27-17-8-7-14(21)11-25-17/h2,4,6-8,11,15H,3,5,9-10,12,24H2,1H3,(H,26,29)(H,25,27,30)/t15-/m1/s1. The molecule has 0 aliphatic heterocycles. The molecule has 0 fully saturated rings. The number of amides is 3. The van der Waals surface area contributed by atoms with Crippen LogP contribution in [0.5, 0.6) is 0 Å². The van der Waals surface area contributed by atoms with E-state index >= 15 is 0 Å². The molecule has 0 radical (unpaired) electrons. The third kappa shape index (κ3) is 7.86. The van der Waals surface area contributed by atoms with Gasteiger partial charge in [-0.15, -0.1) is 0 Å². The first kappa shape index (κ1) is 24.6. The van der Waals surface area contributed by atoms with E-state index in [2.05, 4.69) is 15.6 Å². The summed E-state index contributed by atoms with van der Waals surface area (Å²) in [5, 5.41) is 5.56. The predicted octanol–water partition coefficient (Wildman–Crippen LogP) is 4.03. The van der Waals surface area contributed by atoms with Gasteiger partial charge in [0.15, 0.2) is 0 Å².